The van der Waals surface area contributed by atoms with Crippen molar-refractivity contribution in [2.24, 2.45) is 0 Å². The lowest BCUT2D eigenvalue weighted by Gasteiger charge is -1.96. The second kappa shape index (κ2) is 6.58. The first-order valence-electron chi connectivity index (χ1n) is 5.68. The van der Waals surface area contributed by atoms with Gasteiger partial charge in [-0.05, 0) is 18.6 Å². The van der Waals surface area contributed by atoms with Gasteiger partial charge in [-0.25, -0.2) is 4.98 Å². The summed E-state index contributed by atoms with van der Waals surface area (Å²) < 4.78 is 0. The van der Waals surface area contributed by atoms with Crippen molar-refractivity contribution in [2.75, 3.05) is 5.75 Å². The van der Waals surface area contributed by atoms with E-state index in [1.165, 1.54) is 11.8 Å². The largest absolute Gasteiger partial charge is 0.481 e. The van der Waals surface area contributed by atoms with Crippen LogP contribution in [0, 0.1) is 0 Å². The van der Waals surface area contributed by atoms with E-state index in [1.807, 2.05) is 12.1 Å². The number of hydrogen-bond acceptors (Lipinski definition) is 4. The molecular formula is C12H12ClN3O2S. The number of thioether (sulfide) groups is 1. The van der Waals surface area contributed by atoms with Gasteiger partial charge in [-0.2, -0.15) is 0 Å². The molecular weight excluding hydrogens is 286 g/mol. The van der Waals surface area contributed by atoms with Crippen molar-refractivity contribution >= 4 is 29.3 Å². The molecule has 0 spiro atoms. The maximum absolute atomic E-state index is 10.4. The molecule has 2 N–H and O–H groups in total. The Balaban J connectivity index is 1.94. The normalized spacial score (nSPS) is 10.6. The Morgan fingerprint density at radius 2 is 2.32 bits per heavy atom. The highest BCUT2D eigenvalue weighted by Gasteiger charge is 2.07. The Bertz CT molecular complexity index is 574. The van der Waals surface area contributed by atoms with Gasteiger partial charge < -0.3 is 5.11 Å². The summed E-state index contributed by atoms with van der Waals surface area (Å²) in [7, 11) is 0. The van der Waals surface area contributed by atoms with Gasteiger partial charge >= 0.3 is 5.97 Å². The molecule has 100 valence electrons. The molecule has 2 rings (SSSR count). The molecule has 19 heavy (non-hydrogen) atoms. The monoisotopic (exact) mass is 297 g/mol. The number of aliphatic carboxylic acids is 1. The Morgan fingerprint density at radius 3 is 3.05 bits per heavy atom. The quantitative estimate of drug-likeness (QED) is 0.633. The highest BCUT2D eigenvalue weighted by Crippen LogP contribution is 2.22. The van der Waals surface area contributed by atoms with Crippen LogP contribution >= 0.6 is 23.4 Å². The van der Waals surface area contributed by atoms with Crippen molar-refractivity contribution in [2.45, 2.75) is 18.0 Å². The molecule has 7 heteroatoms. The summed E-state index contributed by atoms with van der Waals surface area (Å²) >= 11 is 7.34. The smallest absolute Gasteiger partial charge is 0.303 e. The fourth-order valence-electron chi connectivity index (χ4n) is 1.46. The van der Waals surface area contributed by atoms with Crippen LogP contribution in [0.1, 0.15) is 12.8 Å². The molecule has 0 aliphatic carbocycles. The molecule has 0 radical (unpaired) electrons. The lowest BCUT2D eigenvalue weighted by molar-refractivity contribution is -0.137. The number of aromatic nitrogens is 3. The molecule has 5 nitrogen and oxygen atoms in total. The van der Waals surface area contributed by atoms with E-state index in [-0.39, 0.29) is 6.42 Å². The summed E-state index contributed by atoms with van der Waals surface area (Å²) in [5, 5.41) is 16.7. The number of aromatic amines is 1. The van der Waals surface area contributed by atoms with Crippen LogP contribution in [0.25, 0.3) is 11.4 Å². The predicted molar refractivity (Wildman–Crippen MR) is 74.4 cm³/mol. The molecule has 0 atom stereocenters. The van der Waals surface area contributed by atoms with Crippen molar-refractivity contribution < 1.29 is 9.90 Å². The first kappa shape index (κ1) is 13.9. The average Bonchev–Trinajstić information content (AvgIpc) is 2.83. The maximum atomic E-state index is 10.4. The third-order valence-corrected chi connectivity index (χ3v) is 3.50. The number of benzene rings is 1. The third kappa shape index (κ3) is 4.25. The summed E-state index contributed by atoms with van der Waals surface area (Å²) in [4.78, 5) is 14.7. The van der Waals surface area contributed by atoms with Crippen LogP contribution in [0.2, 0.25) is 5.02 Å². The van der Waals surface area contributed by atoms with E-state index < -0.39 is 5.97 Å². The highest BCUT2D eigenvalue weighted by atomic mass is 35.5. The Labute approximate surface area is 119 Å². The van der Waals surface area contributed by atoms with Gasteiger partial charge in [-0.3, -0.25) is 9.89 Å². The molecule has 0 unspecified atom stereocenters. The SMILES string of the molecule is O=C(O)CCCSc1n[nH]c(-c2cccc(Cl)c2)n1. The van der Waals surface area contributed by atoms with Gasteiger partial charge in [-0.1, -0.05) is 35.5 Å². The van der Waals surface area contributed by atoms with Crippen molar-refractivity contribution in [1.29, 1.82) is 0 Å². The molecule has 1 aromatic heterocycles. The van der Waals surface area contributed by atoms with Crippen LogP contribution in [-0.2, 0) is 4.79 Å². The van der Waals surface area contributed by atoms with Crippen LogP contribution in [0.15, 0.2) is 29.4 Å². The van der Waals surface area contributed by atoms with Gasteiger partial charge in [-0.15, -0.1) is 5.10 Å². The number of carboxylic acids is 1. The van der Waals surface area contributed by atoms with E-state index in [0.717, 1.165) is 5.56 Å². The van der Waals surface area contributed by atoms with Crippen molar-refractivity contribution in [3.8, 4) is 11.4 Å². The number of carbonyl (C=O) groups is 1. The van der Waals surface area contributed by atoms with Gasteiger partial charge in [0.2, 0.25) is 5.16 Å². The van der Waals surface area contributed by atoms with Crippen molar-refractivity contribution in [1.82, 2.24) is 15.2 Å². The molecule has 0 amide bonds. The topological polar surface area (TPSA) is 78.9 Å². The Morgan fingerprint density at radius 1 is 1.47 bits per heavy atom. The summed E-state index contributed by atoms with van der Waals surface area (Å²) in [5.74, 6) is 0.553. The first-order chi connectivity index (χ1) is 9.15. The van der Waals surface area contributed by atoms with E-state index >= 15 is 0 Å². The van der Waals surface area contributed by atoms with E-state index in [9.17, 15) is 4.79 Å². The zero-order valence-corrected chi connectivity index (χ0v) is 11.5. The van der Waals surface area contributed by atoms with Gasteiger partial charge in [0.25, 0.3) is 0 Å². The zero-order chi connectivity index (χ0) is 13.7. The first-order valence-corrected chi connectivity index (χ1v) is 7.04. The standard InChI is InChI=1S/C12H12ClN3O2S/c13-9-4-1-3-8(7-9)11-14-12(16-15-11)19-6-2-5-10(17)18/h1,3-4,7H,2,5-6H2,(H,17,18)(H,14,15,16). The zero-order valence-electron chi connectivity index (χ0n) is 9.97. The van der Waals surface area contributed by atoms with Crippen LogP contribution in [0.5, 0.6) is 0 Å². The third-order valence-electron chi connectivity index (χ3n) is 2.33. The number of nitrogens with zero attached hydrogens (tertiary/aromatic N) is 2. The van der Waals surface area contributed by atoms with Gasteiger partial charge in [0.05, 0.1) is 0 Å². The molecule has 0 saturated carbocycles. The summed E-state index contributed by atoms with van der Waals surface area (Å²) in [5.41, 5.74) is 0.873. The number of hydrogen-bond donors (Lipinski definition) is 2. The summed E-state index contributed by atoms with van der Waals surface area (Å²) in [6, 6.07) is 7.34. The molecule has 0 bridgehead atoms. The summed E-state index contributed by atoms with van der Waals surface area (Å²) in [6.45, 7) is 0. The minimum absolute atomic E-state index is 0.165. The fraction of sp³-hybridized carbons (Fsp3) is 0.250. The predicted octanol–water partition coefficient (Wildman–Crippen LogP) is 3.08. The number of H-pyrrole nitrogens is 1. The number of carboxylic acid groups (broad SMARTS) is 1. The molecule has 0 aliphatic heterocycles. The second-order valence-electron chi connectivity index (χ2n) is 3.82. The van der Waals surface area contributed by atoms with Crippen LogP contribution in [0.4, 0.5) is 0 Å². The van der Waals surface area contributed by atoms with Crippen LogP contribution < -0.4 is 0 Å². The van der Waals surface area contributed by atoms with E-state index in [1.54, 1.807) is 12.1 Å². The minimum atomic E-state index is -0.782. The van der Waals surface area contributed by atoms with Gasteiger partial charge in [0, 0.05) is 22.8 Å². The second-order valence-corrected chi connectivity index (χ2v) is 5.32. The fourth-order valence-corrected chi connectivity index (χ4v) is 2.39. The molecule has 0 fully saturated rings. The minimum Gasteiger partial charge on any atom is -0.481 e. The van der Waals surface area contributed by atoms with Crippen molar-refractivity contribution in [3.63, 3.8) is 0 Å². The van der Waals surface area contributed by atoms with Crippen molar-refractivity contribution in [3.05, 3.63) is 29.3 Å². The number of halogens is 1. The highest BCUT2D eigenvalue weighted by molar-refractivity contribution is 7.99. The molecule has 1 aromatic carbocycles. The maximum Gasteiger partial charge on any atom is 0.303 e. The molecule has 1 heterocycles. The Kier molecular flexibility index (Phi) is 4.81. The number of rotatable bonds is 6. The molecule has 0 aliphatic rings. The van der Waals surface area contributed by atoms with Gasteiger partial charge in [0.15, 0.2) is 5.82 Å². The van der Waals surface area contributed by atoms with E-state index in [0.29, 0.717) is 28.2 Å². The lowest BCUT2D eigenvalue weighted by Crippen LogP contribution is -1.94. The lowest BCUT2D eigenvalue weighted by atomic mass is 10.2. The van der Waals surface area contributed by atoms with Crippen LogP contribution in [0.3, 0.4) is 0 Å². The van der Waals surface area contributed by atoms with E-state index in [2.05, 4.69) is 15.2 Å². The van der Waals surface area contributed by atoms with Crippen LogP contribution in [-0.4, -0.2) is 32.0 Å². The molecule has 2 aromatic rings. The van der Waals surface area contributed by atoms with Gasteiger partial charge in [0.1, 0.15) is 0 Å². The average molecular weight is 298 g/mol. The Hall–Kier alpha value is -1.53. The molecule has 0 saturated heterocycles. The van der Waals surface area contributed by atoms with E-state index in [4.69, 9.17) is 16.7 Å². The summed E-state index contributed by atoms with van der Waals surface area (Å²) in [6.07, 6.45) is 0.764. The number of nitrogens with one attached hydrogen (secondary N) is 1.